The van der Waals surface area contributed by atoms with Gasteiger partial charge in [0.25, 0.3) is 5.69 Å². The summed E-state index contributed by atoms with van der Waals surface area (Å²) in [4.78, 5) is 39.8. The summed E-state index contributed by atoms with van der Waals surface area (Å²) in [6.45, 7) is 4.44. The summed E-state index contributed by atoms with van der Waals surface area (Å²) in [6, 6.07) is 19.6. The second-order valence-corrected chi connectivity index (χ2v) is 10.0. The van der Waals surface area contributed by atoms with Crippen LogP contribution in [0.2, 0.25) is 10.0 Å². The van der Waals surface area contributed by atoms with Crippen LogP contribution in [-0.4, -0.2) is 34.2 Å². The number of nitrogens with one attached hydrogen (secondary N) is 1. The summed E-state index contributed by atoms with van der Waals surface area (Å²) >= 11 is 12.5. The highest BCUT2D eigenvalue weighted by molar-refractivity contribution is 6.35. The van der Waals surface area contributed by atoms with Crippen LogP contribution in [0.25, 0.3) is 0 Å². The van der Waals surface area contributed by atoms with Gasteiger partial charge in [0, 0.05) is 41.2 Å². The number of nitrogens with zero attached hydrogens (tertiary/aromatic N) is 2. The summed E-state index contributed by atoms with van der Waals surface area (Å²) in [7, 11) is 0. The van der Waals surface area contributed by atoms with Crippen molar-refractivity contribution in [2.24, 2.45) is 5.92 Å². The van der Waals surface area contributed by atoms with Gasteiger partial charge in [0.05, 0.1) is 11.3 Å². The predicted octanol–water partition coefficient (Wildman–Crippen LogP) is 5.86. The number of halogens is 2. The van der Waals surface area contributed by atoms with E-state index in [1.807, 2.05) is 44.2 Å². The molecule has 3 rings (SSSR count). The molecule has 3 aromatic carbocycles. The minimum Gasteiger partial charge on any atom is -0.354 e. The molecule has 2 amide bonds. The largest absolute Gasteiger partial charge is 0.354 e. The number of para-hydroxylation sites is 1. The van der Waals surface area contributed by atoms with Gasteiger partial charge in [-0.15, -0.1) is 0 Å². The molecule has 0 aliphatic carbocycles. The fourth-order valence-corrected chi connectivity index (χ4v) is 4.38. The molecule has 0 aliphatic rings. The molecule has 0 aliphatic heterocycles. The van der Waals surface area contributed by atoms with Crippen molar-refractivity contribution in [2.45, 2.75) is 39.3 Å². The van der Waals surface area contributed by atoms with Gasteiger partial charge < -0.3 is 10.2 Å². The number of nitro benzene ring substituents is 1. The number of carbonyl (C=O) groups is 2. The zero-order valence-electron chi connectivity index (χ0n) is 20.7. The van der Waals surface area contributed by atoms with Gasteiger partial charge in [0.2, 0.25) is 11.8 Å². The Morgan fingerprint density at radius 1 is 0.973 bits per heavy atom. The van der Waals surface area contributed by atoms with Crippen LogP contribution in [-0.2, 0) is 29.0 Å². The molecule has 0 radical (unpaired) electrons. The molecule has 0 saturated heterocycles. The summed E-state index contributed by atoms with van der Waals surface area (Å²) in [5.41, 5.74) is 1.60. The lowest BCUT2D eigenvalue weighted by molar-refractivity contribution is -0.385. The molecule has 0 heterocycles. The number of nitro groups is 1. The summed E-state index contributed by atoms with van der Waals surface area (Å²) in [5, 5.41) is 15.3. The maximum atomic E-state index is 13.8. The van der Waals surface area contributed by atoms with Gasteiger partial charge in [0.1, 0.15) is 6.04 Å². The Kier molecular flexibility index (Phi) is 10.1. The number of amides is 2. The minimum absolute atomic E-state index is 0.0298. The SMILES string of the molecule is CC(C)CNC(=O)C(Cc1ccccc1)N(Cc1ccc(Cl)cc1Cl)C(=O)Cc1ccccc1[N+](=O)[O-]. The van der Waals surface area contributed by atoms with Gasteiger partial charge in [-0.05, 0) is 29.2 Å². The molecule has 3 aromatic rings. The van der Waals surface area contributed by atoms with Crippen molar-refractivity contribution in [2.75, 3.05) is 6.54 Å². The van der Waals surface area contributed by atoms with Gasteiger partial charge in [-0.25, -0.2) is 0 Å². The number of carbonyl (C=O) groups excluding carboxylic acids is 2. The second kappa shape index (κ2) is 13.2. The molecule has 0 spiro atoms. The Morgan fingerprint density at radius 3 is 2.30 bits per heavy atom. The van der Waals surface area contributed by atoms with E-state index in [0.717, 1.165) is 5.56 Å². The van der Waals surface area contributed by atoms with Crippen LogP contribution in [0, 0.1) is 16.0 Å². The third-order valence-electron chi connectivity index (χ3n) is 5.84. The molecule has 0 bridgehead atoms. The molecule has 1 unspecified atom stereocenters. The number of benzene rings is 3. The molecule has 0 saturated carbocycles. The summed E-state index contributed by atoms with van der Waals surface area (Å²) in [6.07, 6.45) is 0.0176. The van der Waals surface area contributed by atoms with Gasteiger partial charge >= 0.3 is 0 Å². The Labute approximate surface area is 226 Å². The van der Waals surface area contributed by atoms with Crippen LogP contribution in [0.5, 0.6) is 0 Å². The lowest BCUT2D eigenvalue weighted by Gasteiger charge is -2.32. The van der Waals surface area contributed by atoms with Crippen LogP contribution < -0.4 is 5.32 Å². The van der Waals surface area contributed by atoms with Crippen LogP contribution >= 0.6 is 23.2 Å². The predicted molar refractivity (Wildman–Crippen MR) is 146 cm³/mol. The Bertz CT molecular complexity index is 1250. The average Bonchev–Trinajstić information content (AvgIpc) is 2.86. The van der Waals surface area contributed by atoms with E-state index in [9.17, 15) is 19.7 Å². The van der Waals surface area contributed by atoms with Crippen molar-refractivity contribution < 1.29 is 14.5 Å². The molecule has 9 heteroatoms. The first kappa shape index (κ1) is 28.2. The lowest BCUT2D eigenvalue weighted by Crippen LogP contribution is -2.51. The van der Waals surface area contributed by atoms with Crippen molar-refractivity contribution in [1.82, 2.24) is 10.2 Å². The second-order valence-electron chi connectivity index (χ2n) is 9.16. The summed E-state index contributed by atoms with van der Waals surface area (Å²) < 4.78 is 0. The van der Waals surface area contributed by atoms with Crippen molar-refractivity contribution >= 4 is 40.7 Å². The van der Waals surface area contributed by atoms with Crippen molar-refractivity contribution in [1.29, 1.82) is 0 Å². The van der Waals surface area contributed by atoms with E-state index < -0.39 is 16.9 Å². The maximum absolute atomic E-state index is 13.8. The normalized spacial score (nSPS) is 11.7. The molecule has 1 N–H and O–H groups in total. The molecule has 194 valence electrons. The highest BCUT2D eigenvalue weighted by atomic mass is 35.5. The van der Waals surface area contributed by atoms with Crippen LogP contribution in [0.4, 0.5) is 5.69 Å². The quantitative estimate of drug-likeness (QED) is 0.243. The van der Waals surface area contributed by atoms with E-state index in [2.05, 4.69) is 5.32 Å². The number of hydrogen-bond acceptors (Lipinski definition) is 4. The van der Waals surface area contributed by atoms with Gasteiger partial charge in [-0.1, -0.05) is 91.6 Å². The van der Waals surface area contributed by atoms with E-state index in [4.69, 9.17) is 23.2 Å². The Balaban J connectivity index is 2.03. The van der Waals surface area contributed by atoms with Gasteiger partial charge in [-0.3, -0.25) is 19.7 Å². The molecule has 0 fully saturated rings. The molecular formula is C28H29Cl2N3O4. The third-order valence-corrected chi connectivity index (χ3v) is 6.43. The van der Waals surface area contributed by atoms with Gasteiger partial charge in [-0.2, -0.15) is 0 Å². The van der Waals surface area contributed by atoms with Crippen LogP contribution in [0.3, 0.4) is 0 Å². The Hall–Kier alpha value is -3.42. The van der Waals surface area contributed by atoms with E-state index in [1.165, 1.54) is 11.0 Å². The minimum atomic E-state index is -0.872. The molecule has 37 heavy (non-hydrogen) atoms. The highest BCUT2D eigenvalue weighted by Gasteiger charge is 2.32. The Morgan fingerprint density at radius 2 is 1.65 bits per heavy atom. The molecule has 0 aromatic heterocycles. The van der Waals surface area contributed by atoms with Crippen molar-refractivity contribution in [3.8, 4) is 0 Å². The first-order valence-corrected chi connectivity index (χ1v) is 12.7. The average molecular weight is 542 g/mol. The monoisotopic (exact) mass is 541 g/mol. The van der Waals surface area contributed by atoms with Crippen LogP contribution in [0.1, 0.15) is 30.5 Å². The molecule has 1 atom stereocenters. The van der Waals surface area contributed by atoms with Crippen LogP contribution in [0.15, 0.2) is 72.8 Å². The first-order chi connectivity index (χ1) is 17.7. The first-order valence-electron chi connectivity index (χ1n) is 11.9. The lowest BCUT2D eigenvalue weighted by atomic mass is 10.0. The zero-order chi connectivity index (χ0) is 26.9. The fraction of sp³-hybridized carbons (Fsp3) is 0.286. The van der Waals surface area contributed by atoms with E-state index in [-0.39, 0.29) is 42.5 Å². The maximum Gasteiger partial charge on any atom is 0.273 e. The standard InChI is InChI=1S/C28H29Cl2N3O4/c1-19(2)17-31-28(35)26(14-20-8-4-3-5-9-20)32(18-22-12-13-23(29)16-24(22)30)27(34)15-21-10-6-7-11-25(21)33(36)37/h3-13,16,19,26H,14-15,17-18H2,1-2H3,(H,31,35). The van der Waals surface area contributed by atoms with E-state index in [1.54, 1.807) is 36.4 Å². The highest BCUT2D eigenvalue weighted by Crippen LogP contribution is 2.26. The van der Waals surface area contributed by atoms with Crippen molar-refractivity contribution in [3.63, 3.8) is 0 Å². The smallest absolute Gasteiger partial charge is 0.273 e. The molecular weight excluding hydrogens is 513 g/mol. The summed E-state index contributed by atoms with van der Waals surface area (Å²) in [5.74, 6) is -0.525. The number of rotatable bonds is 11. The third kappa shape index (κ3) is 8.03. The zero-order valence-corrected chi connectivity index (χ0v) is 22.2. The van der Waals surface area contributed by atoms with Crippen molar-refractivity contribution in [3.05, 3.63) is 110 Å². The fourth-order valence-electron chi connectivity index (χ4n) is 3.91. The number of hydrogen-bond donors (Lipinski definition) is 1. The molecule has 7 nitrogen and oxygen atoms in total. The topological polar surface area (TPSA) is 92.6 Å². The van der Waals surface area contributed by atoms with E-state index in [0.29, 0.717) is 22.2 Å². The van der Waals surface area contributed by atoms with E-state index >= 15 is 0 Å². The van der Waals surface area contributed by atoms with Gasteiger partial charge in [0.15, 0.2) is 0 Å².